The number of aromatic nitrogens is 1. The second kappa shape index (κ2) is 5.44. The molecule has 1 heterocycles. The molecule has 1 unspecified atom stereocenters. The Balaban J connectivity index is 2.05. The summed E-state index contributed by atoms with van der Waals surface area (Å²) in [6.45, 7) is 3.11. The summed E-state index contributed by atoms with van der Waals surface area (Å²) >= 11 is 0. The standard InChI is InChI=1S/C14H22N2/c1-11-4-6-12(7-5-11)14(9-15)13-3-2-8-16-10-13/h2-3,8,10-12,14H,4-7,9,15H2,1H3. The van der Waals surface area contributed by atoms with Gasteiger partial charge < -0.3 is 5.73 Å². The lowest BCUT2D eigenvalue weighted by molar-refractivity contribution is 0.255. The highest BCUT2D eigenvalue weighted by Crippen LogP contribution is 2.37. The molecule has 2 N–H and O–H groups in total. The largest absolute Gasteiger partial charge is 0.330 e. The highest BCUT2D eigenvalue weighted by Gasteiger charge is 2.26. The van der Waals surface area contributed by atoms with Gasteiger partial charge in [0, 0.05) is 18.3 Å². The third-order valence-corrected chi connectivity index (χ3v) is 4.00. The van der Waals surface area contributed by atoms with Crippen molar-refractivity contribution in [1.29, 1.82) is 0 Å². The lowest BCUT2D eigenvalue weighted by Crippen LogP contribution is -2.25. The van der Waals surface area contributed by atoms with Crippen LogP contribution in [0.15, 0.2) is 24.5 Å². The monoisotopic (exact) mass is 218 g/mol. The molecule has 2 heteroatoms. The summed E-state index contributed by atoms with van der Waals surface area (Å²) in [6, 6.07) is 4.19. The minimum Gasteiger partial charge on any atom is -0.330 e. The van der Waals surface area contributed by atoms with E-state index in [2.05, 4.69) is 18.0 Å². The van der Waals surface area contributed by atoms with Crippen molar-refractivity contribution < 1.29 is 0 Å². The lowest BCUT2D eigenvalue weighted by Gasteiger charge is -2.32. The molecule has 0 bridgehead atoms. The molecule has 2 rings (SSSR count). The van der Waals surface area contributed by atoms with Crippen molar-refractivity contribution in [2.24, 2.45) is 17.6 Å². The molecule has 1 aliphatic rings. The first-order valence-corrected chi connectivity index (χ1v) is 6.41. The van der Waals surface area contributed by atoms with Crippen LogP contribution in [0.2, 0.25) is 0 Å². The fourth-order valence-corrected chi connectivity index (χ4v) is 2.88. The lowest BCUT2D eigenvalue weighted by atomic mass is 9.74. The number of hydrogen-bond donors (Lipinski definition) is 1. The van der Waals surface area contributed by atoms with E-state index in [4.69, 9.17) is 5.73 Å². The molecular weight excluding hydrogens is 196 g/mol. The van der Waals surface area contributed by atoms with E-state index >= 15 is 0 Å². The van der Waals surface area contributed by atoms with E-state index in [1.165, 1.54) is 31.2 Å². The van der Waals surface area contributed by atoms with Crippen molar-refractivity contribution in [1.82, 2.24) is 4.98 Å². The van der Waals surface area contributed by atoms with E-state index in [9.17, 15) is 0 Å². The van der Waals surface area contributed by atoms with Crippen LogP contribution < -0.4 is 5.73 Å². The van der Waals surface area contributed by atoms with Crippen molar-refractivity contribution in [3.8, 4) is 0 Å². The van der Waals surface area contributed by atoms with Crippen LogP contribution in [0.3, 0.4) is 0 Å². The second-order valence-electron chi connectivity index (χ2n) is 5.15. The Morgan fingerprint density at radius 3 is 2.69 bits per heavy atom. The van der Waals surface area contributed by atoms with Gasteiger partial charge in [0.05, 0.1) is 0 Å². The summed E-state index contributed by atoms with van der Waals surface area (Å²) in [5, 5.41) is 0. The Morgan fingerprint density at radius 1 is 1.38 bits per heavy atom. The van der Waals surface area contributed by atoms with E-state index in [0.717, 1.165) is 18.4 Å². The van der Waals surface area contributed by atoms with Crippen LogP contribution in [-0.4, -0.2) is 11.5 Å². The molecule has 1 aromatic rings. The minimum atomic E-state index is 0.515. The highest BCUT2D eigenvalue weighted by atomic mass is 14.6. The van der Waals surface area contributed by atoms with Gasteiger partial charge in [0.1, 0.15) is 0 Å². The molecule has 1 fully saturated rings. The van der Waals surface area contributed by atoms with Crippen molar-refractivity contribution in [2.45, 2.75) is 38.5 Å². The van der Waals surface area contributed by atoms with Gasteiger partial charge in [-0.2, -0.15) is 0 Å². The van der Waals surface area contributed by atoms with Gasteiger partial charge in [-0.1, -0.05) is 25.8 Å². The predicted octanol–water partition coefficient (Wildman–Crippen LogP) is 2.95. The summed E-state index contributed by atoms with van der Waals surface area (Å²) in [4.78, 5) is 4.21. The zero-order valence-corrected chi connectivity index (χ0v) is 10.1. The van der Waals surface area contributed by atoms with Crippen LogP contribution in [0.4, 0.5) is 0 Å². The number of pyridine rings is 1. The van der Waals surface area contributed by atoms with E-state index in [1.54, 1.807) is 0 Å². The SMILES string of the molecule is CC1CCC(C(CN)c2cccnc2)CC1. The average Bonchev–Trinajstić information content (AvgIpc) is 2.34. The van der Waals surface area contributed by atoms with Gasteiger partial charge in [-0.25, -0.2) is 0 Å². The van der Waals surface area contributed by atoms with Crippen LogP contribution in [0.25, 0.3) is 0 Å². The molecule has 0 saturated heterocycles. The number of nitrogens with zero attached hydrogens (tertiary/aromatic N) is 1. The topological polar surface area (TPSA) is 38.9 Å². The normalized spacial score (nSPS) is 27.6. The summed E-state index contributed by atoms with van der Waals surface area (Å²) in [5.41, 5.74) is 7.27. The molecule has 2 nitrogen and oxygen atoms in total. The van der Waals surface area contributed by atoms with E-state index in [-0.39, 0.29) is 0 Å². The quantitative estimate of drug-likeness (QED) is 0.847. The summed E-state index contributed by atoms with van der Waals surface area (Å²) in [6.07, 6.45) is 9.20. The smallest absolute Gasteiger partial charge is 0.0303 e. The summed E-state index contributed by atoms with van der Waals surface area (Å²) in [5.74, 6) is 2.19. The molecule has 0 amide bonds. The van der Waals surface area contributed by atoms with Crippen molar-refractivity contribution in [3.63, 3.8) is 0 Å². The van der Waals surface area contributed by atoms with Gasteiger partial charge in [0.25, 0.3) is 0 Å². The first kappa shape index (κ1) is 11.6. The predicted molar refractivity (Wildman–Crippen MR) is 67.2 cm³/mol. The molecular formula is C14H22N2. The molecule has 88 valence electrons. The van der Waals surface area contributed by atoms with Gasteiger partial charge >= 0.3 is 0 Å². The third-order valence-electron chi connectivity index (χ3n) is 4.00. The molecule has 0 aliphatic heterocycles. The maximum absolute atomic E-state index is 5.94. The Labute approximate surface area is 98.3 Å². The molecule has 1 aliphatic carbocycles. The maximum atomic E-state index is 5.94. The van der Waals surface area contributed by atoms with Crippen LogP contribution in [0.5, 0.6) is 0 Å². The van der Waals surface area contributed by atoms with Crippen molar-refractivity contribution in [2.75, 3.05) is 6.54 Å². The first-order valence-electron chi connectivity index (χ1n) is 6.41. The molecule has 1 aromatic heterocycles. The molecule has 0 aromatic carbocycles. The van der Waals surface area contributed by atoms with Gasteiger partial charge in [-0.3, -0.25) is 4.98 Å². The third kappa shape index (κ3) is 2.62. The molecule has 1 saturated carbocycles. The Hall–Kier alpha value is -0.890. The van der Waals surface area contributed by atoms with Crippen LogP contribution in [-0.2, 0) is 0 Å². The Kier molecular flexibility index (Phi) is 3.94. The maximum Gasteiger partial charge on any atom is 0.0303 e. The first-order chi connectivity index (χ1) is 7.81. The van der Waals surface area contributed by atoms with E-state index in [0.29, 0.717) is 5.92 Å². The number of nitrogens with two attached hydrogens (primary N) is 1. The zero-order chi connectivity index (χ0) is 11.4. The number of rotatable bonds is 3. The minimum absolute atomic E-state index is 0.515. The van der Waals surface area contributed by atoms with E-state index in [1.807, 2.05) is 18.5 Å². The second-order valence-corrected chi connectivity index (χ2v) is 5.15. The van der Waals surface area contributed by atoms with Gasteiger partial charge in [0.15, 0.2) is 0 Å². The molecule has 0 spiro atoms. The Morgan fingerprint density at radius 2 is 2.12 bits per heavy atom. The summed E-state index contributed by atoms with van der Waals surface area (Å²) < 4.78 is 0. The Bertz CT molecular complexity index is 302. The van der Waals surface area contributed by atoms with Crippen molar-refractivity contribution in [3.05, 3.63) is 30.1 Å². The van der Waals surface area contributed by atoms with Crippen LogP contribution >= 0.6 is 0 Å². The zero-order valence-electron chi connectivity index (χ0n) is 10.1. The van der Waals surface area contributed by atoms with Crippen LogP contribution in [0.1, 0.15) is 44.1 Å². The van der Waals surface area contributed by atoms with E-state index < -0.39 is 0 Å². The highest BCUT2D eigenvalue weighted by molar-refractivity contribution is 5.16. The molecule has 1 atom stereocenters. The fourth-order valence-electron chi connectivity index (χ4n) is 2.88. The van der Waals surface area contributed by atoms with Gasteiger partial charge in [-0.15, -0.1) is 0 Å². The number of hydrogen-bond acceptors (Lipinski definition) is 2. The average molecular weight is 218 g/mol. The fraction of sp³-hybridized carbons (Fsp3) is 0.643. The van der Waals surface area contributed by atoms with Crippen LogP contribution in [0, 0.1) is 11.8 Å². The molecule has 16 heavy (non-hydrogen) atoms. The van der Waals surface area contributed by atoms with Gasteiger partial charge in [-0.05, 0) is 42.9 Å². The molecule has 0 radical (unpaired) electrons. The summed E-state index contributed by atoms with van der Waals surface area (Å²) in [7, 11) is 0. The van der Waals surface area contributed by atoms with Gasteiger partial charge in [0.2, 0.25) is 0 Å². The van der Waals surface area contributed by atoms with Crippen molar-refractivity contribution >= 4 is 0 Å².